The van der Waals surface area contributed by atoms with Gasteiger partial charge in [0.25, 0.3) is 0 Å². The molecule has 2 unspecified atom stereocenters. The van der Waals surface area contributed by atoms with Crippen molar-refractivity contribution >= 4 is 11.6 Å². The number of rotatable bonds is 1. The predicted molar refractivity (Wildman–Crippen MR) is 52.2 cm³/mol. The zero-order chi connectivity index (χ0) is 8.84. The minimum atomic E-state index is 0.547. The molecule has 0 amide bonds. The summed E-state index contributed by atoms with van der Waals surface area (Å²) in [6.07, 6.45) is 1.86. The summed E-state index contributed by atoms with van der Waals surface area (Å²) in [7, 11) is 0. The Morgan fingerprint density at radius 2 is 1.69 bits per heavy atom. The fourth-order valence-corrected chi connectivity index (χ4v) is 2.25. The fourth-order valence-electron chi connectivity index (χ4n) is 2.12. The fraction of sp³-hybridized carbons (Fsp3) is 0.400. The molecule has 13 heavy (non-hydrogen) atoms. The average Bonchev–Trinajstić information content (AvgIpc) is 2.63. The van der Waals surface area contributed by atoms with Crippen LogP contribution in [0.15, 0.2) is 24.3 Å². The molecule has 0 N–H and O–H groups in total. The first-order valence-electron chi connectivity index (χ1n) is 4.65. The van der Waals surface area contributed by atoms with Gasteiger partial charge in [-0.3, -0.25) is 0 Å². The number of halogens is 1. The van der Waals surface area contributed by atoms with Crippen LogP contribution in [0.4, 0.5) is 0 Å². The number of hydrazine groups is 1. The minimum Gasteiger partial charge on any atom is -0.217 e. The van der Waals surface area contributed by atoms with E-state index < -0.39 is 0 Å². The van der Waals surface area contributed by atoms with E-state index in [2.05, 4.69) is 22.2 Å². The van der Waals surface area contributed by atoms with Crippen molar-refractivity contribution in [3.63, 3.8) is 0 Å². The lowest BCUT2D eigenvalue weighted by atomic mass is 10.2. The van der Waals surface area contributed by atoms with E-state index in [9.17, 15) is 0 Å². The lowest BCUT2D eigenvalue weighted by Crippen LogP contribution is -1.98. The van der Waals surface area contributed by atoms with Crippen LogP contribution in [0.1, 0.15) is 18.2 Å². The van der Waals surface area contributed by atoms with Gasteiger partial charge in [0.05, 0.1) is 0 Å². The Bertz CT molecular complexity index is 312. The van der Waals surface area contributed by atoms with Crippen LogP contribution in [-0.2, 0) is 0 Å². The van der Waals surface area contributed by atoms with Gasteiger partial charge in [-0.25, -0.2) is 10.0 Å². The van der Waals surface area contributed by atoms with Crippen molar-refractivity contribution in [1.29, 1.82) is 0 Å². The maximum Gasteiger partial charge on any atom is 0.115 e. The molecule has 1 aromatic carbocycles. The second kappa shape index (κ2) is 2.71. The summed E-state index contributed by atoms with van der Waals surface area (Å²) in [4.78, 5) is 0. The lowest BCUT2D eigenvalue weighted by Gasteiger charge is -2.00. The van der Waals surface area contributed by atoms with E-state index in [-0.39, 0.29) is 0 Å². The summed E-state index contributed by atoms with van der Waals surface area (Å²) in [5, 5.41) is 5.63. The van der Waals surface area contributed by atoms with E-state index in [1.807, 2.05) is 12.1 Å². The van der Waals surface area contributed by atoms with Gasteiger partial charge in [-0.15, -0.1) is 0 Å². The lowest BCUT2D eigenvalue weighted by molar-refractivity contribution is 0.412. The molecule has 0 radical (unpaired) electrons. The van der Waals surface area contributed by atoms with Gasteiger partial charge in [0.2, 0.25) is 0 Å². The van der Waals surface area contributed by atoms with E-state index in [1.165, 1.54) is 25.1 Å². The predicted octanol–water partition coefficient (Wildman–Crippen LogP) is 2.27. The molecule has 0 aromatic heterocycles. The van der Waals surface area contributed by atoms with E-state index in [0.717, 1.165) is 5.02 Å². The SMILES string of the molecule is Clc1ccc(C2N3CCCN23)cc1. The van der Waals surface area contributed by atoms with Gasteiger partial charge in [-0.05, 0) is 24.1 Å². The van der Waals surface area contributed by atoms with E-state index in [1.54, 1.807) is 0 Å². The standard InChI is InChI=1S/C10H11ClN2/c11-9-4-2-8(3-5-9)10-12-6-1-7-13(10)12/h2-5,10H,1,6-7H2. The smallest absolute Gasteiger partial charge is 0.115 e. The molecule has 2 aliphatic heterocycles. The molecule has 1 aromatic rings. The third kappa shape index (κ3) is 1.17. The normalized spacial score (nSPS) is 35.9. The third-order valence-corrected chi connectivity index (χ3v) is 3.03. The van der Waals surface area contributed by atoms with Crippen LogP contribution >= 0.6 is 11.6 Å². The third-order valence-electron chi connectivity index (χ3n) is 2.78. The maximum atomic E-state index is 5.83. The van der Waals surface area contributed by atoms with Crippen LogP contribution < -0.4 is 0 Å². The first-order chi connectivity index (χ1) is 6.36. The Morgan fingerprint density at radius 1 is 1.08 bits per heavy atom. The first-order valence-corrected chi connectivity index (χ1v) is 5.03. The molecular weight excluding hydrogens is 184 g/mol. The van der Waals surface area contributed by atoms with Crippen LogP contribution in [0, 0.1) is 0 Å². The van der Waals surface area contributed by atoms with Crippen molar-refractivity contribution in [1.82, 2.24) is 10.0 Å². The second-order valence-corrected chi connectivity index (χ2v) is 4.04. The average molecular weight is 195 g/mol. The molecule has 0 spiro atoms. The highest BCUT2D eigenvalue weighted by Crippen LogP contribution is 2.44. The zero-order valence-electron chi connectivity index (χ0n) is 7.28. The summed E-state index contributed by atoms with van der Waals surface area (Å²) in [6, 6.07) is 8.16. The maximum absolute atomic E-state index is 5.83. The zero-order valence-corrected chi connectivity index (χ0v) is 8.04. The topological polar surface area (TPSA) is 6.02 Å². The molecule has 2 heterocycles. The van der Waals surface area contributed by atoms with Crippen LogP contribution in [-0.4, -0.2) is 23.1 Å². The van der Waals surface area contributed by atoms with E-state index >= 15 is 0 Å². The number of hydrogen-bond acceptors (Lipinski definition) is 2. The molecule has 3 rings (SSSR count). The Labute approximate surface area is 82.7 Å². The van der Waals surface area contributed by atoms with Crippen molar-refractivity contribution in [3.8, 4) is 0 Å². The Kier molecular flexibility index (Phi) is 1.62. The molecule has 0 saturated carbocycles. The molecule has 0 bridgehead atoms. The van der Waals surface area contributed by atoms with Crippen LogP contribution in [0.25, 0.3) is 0 Å². The van der Waals surface area contributed by atoms with E-state index in [4.69, 9.17) is 11.6 Å². The molecule has 0 aliphatic carbocycles. The Morgan fingerprint density at radius 3 is 2.31 bits per heavy atom. The van der Waals surface area contributed by atoms with E-state index in [0.29, 0.717) is 6.17 Å². The van der Waals surface area contributed by atoms with Gasteiger partial charge < -0.3 is 0 Å². The molecule has 2 fully saturated rings. The van der Waals surface area contributed by atoms with Gasteiger partial charge in [0, 0.05) is 18.1 Å². The van der Waals surface area contributed by atoms with Crippen molar-refractivity contribution in [3.05, 3.63) is 34.9 Å². The van der Waals surface area contributed by atoms with Gasteiger partial charge in [-0.1, -0.05) is 23.7 Å². The highest BCUT2D eigenvalue weighted by molar-refractivity contribution is 6.30. The largest absolute Gasteiger partial charge is 0.217 e. The molecular formula is C10H11ClN2. The van der Waals surface area contributed by atoms with Crippen molar-refractivity contribution in [2.45, 2.75) is 12.6 Å². The van der Waals surface area contributed by atoms with Crippen LogP contribution in [0.5, 0.6) is 0 Å². The Balaban J connectivity index is 1.83. The molecule has 2 nitrogen and oxygen atoms in total. The van der Waals surface area contributed by atoms with Gasteiger partial charge >= 0.3 is 0 Å². The van der Waals surface area contributed by atoms with Gasteiger partial charge in [0.15, 0.2) is 0 Å². The molecule has 2 aliphatic rings. The minimum absolute atomic E-state index is 0.547. The monoisotopic (exact) mass is 194 g/mol. The number of hydrogen-bond donors (Lipinski definition) is 0. The Hall–Kier alpha value is -0.570. The number of benzene rings is 1. The molecule has 68 valence electrons. The molecule has 2 saturated heterocycles. The van der Waals surface area contributed by atoms with Crippen molar-refractivity contribution in [2.24, 2.45) is 0 Å². The molecule has 3 heteroatoms. The van der Waals surface area contributed by atoms with Gasteiger partial charge in [-0.2, -0.15) is 0 Å². The van der Waals surface area contributed by atoms with Crippen LogP contribution in [0.2, 0.25) is 5.02 Å². The second-order valence-electron chi connectivity index (χ2n) is 3.60. The van der Waals surface area contributed by atoms with Crippen molar-refractivity contribution < 1.29 is 0 Å². The van der Waals surface area contributed by atoms with Crippen molar-refractivity contribution in [2.75, 3.05) is 13.1 Å². The number of fused-ring (bicyclic) bond motifs is 1. The summed E-state index contributed by atoms with van der Waals surface area (Å²) in [5.41, 5.74) is 1.36. The van der Waals surface area contributed by atoms with Gasteiger partial charge in [0.1, 0.15) is 6.17 Å². The summed E-state index contributed by atoms with van der Waals surface area (Å²) < 4.78 is 0. The highest BCUT2D eigenvalue weighted by atomic mass is 35.5. The quantitative estimate of drug-likeness (QED) is 0.633. The molecule has 2 atom stereocenters. The summed E-state index contributed by atoms with van der Waals surface area (Å²) in [5.74, 6) is 0. The first kappa shape index (κ1) is 7.80. The summed E-state index contributed by atoms with van der Waals surface area (Å²) >= 11 is 5.83. The number of nitrogens with zero attached hydrogens (tertiary/aromatic N) is 2. The van der Waals surface area contributed by atoms with Crippen LogP contribution in [0.3, 0.4) is 0 Å². The summed E-state index contributed by atoms with van der Waals surface area (Å²) in [6.45, 7) is 2.43. The highest BCUT2D eigenvalue weighted by Gasteiger charge is 2.48.